The highest BCUT2D eigenvalue weighted by Crippen LogP contribution is 2.37. The summed E-state index contributed by atoms with van der Waals surface area (Å²) < 4.78 is 45.9. The number of aliphatic hydroxyl groups is 1. The zero-order chi connectivity index (χ0) is 17.2. The molecule has 0 amide bonds. The molecule has 1 aromatic heterocycles. The fourth-order valence-electron chi connectivity index (χ4n) is 2.86. The van der Waals surface area contributed by atoms with E-state index < -0.39 is 29.9 Å². The van der Waals surface area contributed by atoms with Gasteiger partial charge in [-0.25, -0.2) is 0 Å². The van der Waals surface area contributed by atoms with Crippen LogP contribution in [-0.2, 0) is 35.1 Å². The molecule has 0 fully saturated rings. The molecule has 1 aliphatic carbocycles. The van der Waals surface area contributed by atoms with Crippen LogP contribution < -0.4 is 0 Å². The summed E-state index contributed by atoms with van der Waals surface area (Å²) >= 11 is 0. The third-order valence-electron chi connectivity index (χ3n) is 4.09. The van der Waals surface area contributed by atoms with Crippen LogP contribution in [0.5, 0.6) is 0 Å². The second-order valence-corrected chi connectivity index (χ2v) is 5.71. The van der Waals surface area contributed by atoms with Crippen LogP contribution in [-0.4, -0.2) is 33.6 Å². The highest BCUT2D eigenvalue weighted by Gasteiger charge is 2.42. The highest BCUT2D eigenvalue weighted by molar-refractivity contribution is 5.73. The molecule has 0 saturated heterocycles. The van der Waals surface area contributed by atoms with Gasteiger partial charge >= 0.3 is 12.1 Å². The maximum atomic E-state index is 13.2. The summed E-state index contributed by atoms with van der Waals surface area (Å²) in [5, 5.41) is 13.4. The predicted octanol–water partition coefficient (Wildman–Crippen LogP) is 2.34. The Morgan fingerprint density at radius 3 is 2.74 bits per heavy atom. The molecule has 8 heteroatoms. The van der Waals surface area contributed by atoms with Gasteiger partial charge in [-0.3, -0.25) is 9.48 Å². The molecule has 0 spiro atoms. The largest absolute Gasteiger partial charge is 0.466 e. The first kappa shape index (κ1) is 17.8. The summed E-state index contributed by atoms with van der Waals surface area (Å²) in [5.41, 5.74) is -0.430. The van der Waals surface area contributed by atoms with E-state index in [0.29, 0.717) is 25.0 Å². The average molecular weight is 334 g/mol. The number of carbonyl (C=O) groups excluding carboxylic acids is 1. The number of hydrogen-bond donors (Lipinski definition) is 1. The Hall–Kier alpha value is -1.57. The van der Waals surface area contributed by atoms with E-state index in [1.807, 2.05) is 0 Å². The number of hydrogen-bond acceptors (Lipinski definition) is 4. The van der Waals surface area contributed by atoms with Gasteiger partial charge in [-0.05, 0) is 32.6 Å². The number of alkyl halides is 3. The maximum Gasteiger partial charge on any atom is 0.435 e. The molecule has 2 atom stereocenters. The monoisotopic (exact) mass is 334 g/mol. The van der Waals surface area contributed by atoms with Crippen LogP contribution in [0.1, 0.15) is 43.6 Å². The van der Waals surface area contributed by atoms with Gasteiger partial charge in [-0.15, -0.1) is 0 Å². The fourth-order valence-corrected chi connectivity index (χ4v) is 2.86. The quantitative estimate of drug-likeness (QED) is 0.840. The lowest BCUT2D eigenvalue weighted by Gasteiger charge is -2.22. The van der Waals surface area contributed by atoms with Crippen molar-refractivity contribution in [3.05, 3.63) is 17.0 Å². The Labute approximate surface area is 132 Å². The molecule has 0 bridgehead atoms. The summed E-state index contributed by atoms with van der Waals surface area (Å²) in [4.78, 5) is 11.8. The molecule has 2 rings (SSSR count). The van der Waals surface area contributed by atoms with Crippen LogP contribution in [0.4, 0.5) is 13.2 Å². The number of fused-ring (bicyclic) bond motifs is 1. The van der Waals surface area contributed by atoms with E-state index in [4.69, 9.17) is 4.74 Å². The number of ether oxygens (including phenoxy) is 1. The zero-order valence-electron chi connectivity index (χ0n) is 13.2. The maximum absolute atomic E-state index is 13.2. The van der Waals surface area contributed by atoms with Crippen LogP contribution in [0.25, 0.3) is 0 Å². The standard InChI is InChI=1S/C15H21F3N2O3/c1-3-10(21)8-20-12-6-5-9(14(22)23-4-2)7-11(12)13(19-20)15(16,17)18/h9-10,21H,3-8H2,1-2H3. The minimum Gasteiger partial charge on any atom is -0.466 e. The summed E-state index contributed by atoms with van der Waals surface area (Å²) in [6, 6.07) is 0. The van der Waals surface area contributed by atoms with E-state index in [1.165, 1.54) is 4.68 Å². The lowest BCUT2D eigenvalue weighted by atomic mass is 9.86. The van der Waals surface area contributed by atoms with Crippen molar-refractivity contribution in [3.8, 4) is 0 Å². The van der Waals surface area contributed by atoms with Crippen LogP contribution in [0.2, 0.25) is 0 Å². The van der Waals surface area contributed by atoms with Crippen molar-refractivity contribution in [2.45, 2.75) is 58.4 Å². The number of rotatable bonds is 5. The molecule has 5 nitrogen and oxygen atoms in total. The number of nitrogens with zero attached hydrogens (tertiary/aromatic N) is 2. The van der Waals surface area contributed by atoms with Crippen molar-refractivity contribution >= 4 is 5.97 Å². The van der Waals surface area contributed by atoms with E-state index in [1.54, 1.807) is 13.8 Å². The molecule has 1 aromatic rings. The summed E-state index contributed by atoms with van der Waals surface area (Å²) in [5.74, 6) is -1.04. The van der Waals surface area contributed by atoms with Crippen molar-refractivity contribution in [3.63, 3.8) is 0 Å². The van der Waals surface area contributed by atoms with Crippen molar-refractivity contribution < 1.29 is 27.8 Å². The predicted molar refractivity (Wildman–Crippen MR) is 75.7 cm³/mol. The van der Waals surface area contributed by atoms with E-state index >= 15 is 0 Å². The third-order valence-corrected chi connectivity index (χ3v) is 4.09. The highest BCUT2D eigenvalue weighted by atomic mass is 19.4. The second-order valence-electron chi connectivity index (χ2n) is 5.71. The number of halogens is 3. The molecule has 0 saturated carbocycles. The smallest absolute Gasteiger partial charge is 0.435 e. The number of carbonyl (C=O) groups is 1. The lowest BCUT2D eigenvalue weighted by molar-refractivity contribution is -0.149. The van der Waals surface area contributed by atoms with Crippen LogP contribution in [0.15, 0.2) is 0 Å². The first-order valence-electron chi connectivity index (χ1n) is 7.78. The molecule has 0 aliphatic heterocycles. The Bertz CT molecular complexity index is 569. The van der Waals surface area contributed by atoms with E-state index in [9.17, 15) is 23.1 Å². The molecule has 23 heavy (non-hydrogen) atoms. The minimum absolute atomic E-state index is 0.0226. The summed E-state index contributed by atoms with van der Waals surface area (Å²) in [6.45, 7) is 3.65. The number of aliphatic hydroxyl groups excluding tert-OH is 1. The molecular weight excluding hydrogens is 313 g/mol. The van der Waals surface area contributed by atoms with Crippen molar-refractivity contribution in [1.29, 1.82) is 0 Å². The van der Waals surface area contributed by atoms with Gasteiger partial charge in [0.25, 0.3) is 0 Å². The normalized spacial score (nSPS) is 19.3. The molecule has 2 unspecified atom stereocenters. The number of esters is 1. The van der Waals surface area contributed by atoms with Gasteiger partial charge in [0.15, 0.2) is 5.69 Å². The van der Waals surface area contributed by atoms with Gasteiger partial charge in [0, 0.05) is 11.3 Å². The number of aromatic nitrogens is 2. The molecule has 0 aromatic carbocycles. The van der Waals surface area contributed by atoms with Crippen molar-refractivity contribution in [1.82, 2.24) is 9.78 Å². The Morgan fingerprint density at radius 1 is 1.48 bits per heavy atom. The molecule has 0 radical (unpaired) electrons. The first-order valence-corrected chi connectivity index (χ1v) is 7.78. The Kier molecular flexibility index (Phi) is 5.33. The minimum atomic E-state index is -4.58. The van der Waals surface area contributed by atoms with E-state index in [-0.39, 0.29) is 25.1 Å². The van der Waals surface area contributed by atoms with Crippen molar-refractivity contribution in [2.24, 2.45) is 5.92 Å². The topological polar surface area (TPSA) is 64.3 Å². The van der Waals surface area contributed by atoms with Crippen molar-refractivity contribution in [2.75, 3.05) is 6.61 Å². The Morgan fingerprint density at radius 2 is 2.17 bits per heavy atom. The second kappa shape index (κ2) is 6.90. The summed E-state index contributed by atoms with van der Waals surface area (Å²) in [6.07, 6.45) is -4.17. The van der Waals surface area contributed by atoms with Gasteiger partial charge in [0.1, 0.15) is 0 Å². The van der Waals surface area contributed by atoms with Crippen LogP contribution in [0, 0.1) is 5.92 Å². The molecule has 1 aliphatic rings. The lowest BCUT2D eigenvalue weighted by Crippen LogP contribution is -2.27. The average Bonchev–Trinajstić information content (AvgIpc) is 2.85. The summed E-state index contributed by atoms with van der Waals surface area (Å²) in [7, 11) is 0. The SMILES string of the molecule is CCOC(=O)C1CCc2c(c(C(F)(F)F)nn2CC(O)CC)C1. The zero-order valence-corrected chi connectivity index (χ0v) is 13.2. The molecule has 1 heterocycles. The van der Waals surface area contributed by atoms with E-state index in [0.717, 1.165) is 0 Å². The molecule has 130 valence electrons. The van der Waals surface area contributed by atoms with Crippen LogP contribution >= 0.6 is 0 Å². The van der Waals surface area contributed by atoms with Gasteiger partial charge < -0.3 is 9.84 Å². The molecule has 1 N–H and O–H groups in total. The van der Waals surface area contributed by atoms with Gasteiger partial charge in [-0.2, -0.15) is 18.3 Å². The molecular formula is C15H21F3N2O3. The van der Waals surface area contributed by atoms with Gasteiger partial charge in [0.2, 0.25) is 0 Å². The van der Waals surface area contributed by atoms with Gasteiger partial charge in [0.05, 0.1) is 25.2 Å². The van der Waals surface area contributed by atoms with Crippen LogP contribution in [0.3, 0.4) is 0 Å². The Balaban J connectivity index is 2.34. The fraction of sp³-hybridized carbons (Fsp3) is 0.733. The first-order chi connectivity index (χ1) is 10.8. The van der Waals surface area contributed by atoms with Gasteiger partial charge in [-0.1, -0.05) is 6.92 Å². The third kappa shape index (κ3) is 3.85. The van der Waals surface area contributed by atoms with E-state index in [2.05, 4.69) is 5.10 Å².